The second-order valence-corrected chi connectivity index (χ2v) is 10.0. The van der Waals surface area contributed by atoms with Crippen molar-refractivity contribution in [2.45, 2.75) is 18.9 Å². The number of nitrogens with zero attached hydrogens (tertiary/aromatic N) is 1. The molecule has 0 saturated heterocycles. The summed E-state index contributed by atoms with van der Waals surface area (Å²) in [5, 5.41) is 4.98. The van der Waals surface area contributed by atoms with E-state index >= 15 is 0 Å². The Morgan fingerprint density at radius 2 is 1.46 bits per heavy atom. The lowest BCUT2D eigenvalue weighted by atomic mass is 9.88. The van der Waals surface area contributed by atoms with Crippen molar-refractivity contribution in [3.63, 3.8) is 0 Å². The first-order chi connectivity index (χ1) is 17.8. The molecular formula is C27H27Cl3N2O4S. The highest BCUT2D eigenvalue weighted by Crippen LogP contribution is 2.41. The maximum Gasteiger partial charge on any atom is 0.174 e. The Balaban J connectivity index is 1.74. The predicted octanol–water partition coefficient (Wildman–Crippen LogP) is 7.22. The van der Waals surface area contributed by atoms with Crippen molar-refractivity contribution in [3.8, 4) is 23.0 Å². The summed E-state index contributed by atoms with van der Waals surface area (Å²) in [5.41, 5.74) is 3.92. The van der Waals surface area contributed by atoms with Gasteiger partial charge in [-0.1, -0.05) is 40.9 Å². The molecule has 1 aliphatic heterocycles. The predicted molar refractivity (Wildman–Crippen MR) is 154 cm³/mol. The molecule has 1 aliphatic rings. The van der Waals surface area contributed by atoms with E-state index < -0.39 is 0 Å². The van der Waals surface area contributed by atoms with Crippen LogP contribution in [0.4, 0.5) is 5.69 Å². The summed E-state index contributed by atoms with van der Waals surface area (Å²) >= 11 is 24.7. The van der Waals surface area contributed by atoms with E-state index in [0.29, 0.717) is 61.8 Å². The van der Waals surface area contributed by atoms with Crippen LogP contribution in [0.15, 0.2) is 42.5 Å². The minimum Gasteiger partial charge on any atom is -0.493 e. The van der Waals surface area contributed by atoms with Gasteiger partial charge in [-0.25, -0.2) is 0 Å². The van der Waals surface area contributed by atoms with Gasteiger partial charge in [0.25, 0.3) is 0 Å². The van der Waals surface area contributed by atoms with E-state index in [2.05, 4.69) is 10.2 Å². The van der Waals surface area contributed by atoms with Gasteiger partial charge in [-0.3, -0.25) is 0 Å². The molecule has 196 valence electrons. The molecule has 3 aromatic carbocycles. The number of methoxy groups -OCH3 is 4. The number of halogens is 3. The van der Waals surface area contributed by atoms with Gasteiger partial charge in [0.1, 0.15) is 0 Å². The van der Waals surface area contributed by atoms with Crippen molar-refractivity contribution < 1.29 is 18.9 Å². The Kier molecular flexibility index (Phi) is 8.80. The fourth-order valence-corrected chi connectivity index (χ4v) is 5.45. The average Bonchev–Trinajstić information content (AvgIpc) is 2.90. The van der Waals surface area contributed by atoms with E-state index in [4.69, 9.17) is 66.0 Å². The Labute approximate surface area is 237 Å². The van der Waals surface area contributed by atoms with E-state index in [1.807, 2.05) is 30.3 Å². The minimum atomic E-state index is -0.108. The monoisotopic (exact) mass is 580 g/mol. The fourth-order valence-electron chi connectivity index (χ4n) is 4.53. The van der Waals surface area contributed by atoms with Crippen molar-refractivity contribution in [2.24, 2.45) is 0 Å². The van der Waals surface area contributed by atoms with E-state index in [1.165, 1.54) is 5.56 Å². The number of benzene rings is 3. The SMILES string of the molecule is COc1ccc(C[C@@H]2c3cc(OC)c(OC)cc3CCN2C(=S)Nc2cc(Cl)c(Cl)cc2Cl)cc1OC. The van der Waals surface area contributed by atoms with Crippen molar-refractivity contribution in [1.29, 1.82) is 0 Å². The fraction of sp³-hybridized carbons (Fsp3) is 0.296. The topological polar surface area (TPSA) is 52.2 Å². The number of rotatable bonds is 7. The lowest BCUT2D eigenvalue weighted by molar-refractivity contribution is 0.295. The molecule has 6 nitrogen and oxygen atoms in total. The first-order valence-electron chi connectivity index (χ1n) is 11.5. The number of thiocarbonyl (C=S) groups is 1. The van der Waals surface area contributed by atoms with Crippen LogP contribution >= 0.6 is 47.0 Å². The number of hydrogen-bond donors (Lipinski definition) is 1. The first-order valence-corrected chi connectivity index (χ1v) is 13.0. The number of hydrogen-bond acceptors (Lipinski definition) is 5. The zero-order valence-electron chi connectivity index (χ0n) is 20.9. The molecule has 4 rings (SSSR count). The normalized spacial score (nSPS) is 14.6. The van der Waals surface area contributed by atoms with Crippen LogP contribution in [0.2, 0.25) is 15.1 Å². The molecule has 1 N–H and O–H groups in total. The van der Waals surface area contributed by atoms with Crippen molar-refractivity contribution in [1.82, 2.24) is 4.90 Å². The smallest absolute Gasteiger partial charge is 0.174 e. The van der Waals surface area contributed by atoms with Gasteiger partial charge in [0, 0.05) is 6.54 Å². The minimum absolute atomic E-state index is 0.108. The molecule has 10 heteroatoms. The summed E-state index contributed by atoms with van der Waals surface area (Å²) in [6.45, 7) is 0.686. The van der Waals surface area contributed by atoms with Crippen molar-refractivity contribution in [3.05, 3.63) is 74.2 Å². The van der Waals surface area contributed by atoms with Gasteiger partial charge in [0.2, 0.25) is 0 Å². The molecule has 3 aromatic rings. The Morgan fingerprint density at radius 3 is 2.14 bits per heavy atom. The summed E-state index contributed by atoms with van der Waals surface area (Å²) in [5.74, 6) is 2.69. The summed E-state index contributed by atoms with van der Waals surface area (Å²) < 4.78 is 22.1. The lowest BCUT2D eigenvalue weighted by Gasteiger charge is -2.39. The van der Waals surface area contributed by atoms with E-state index in [-0.39, 0.29) is 6.04 Å². The summed E-state index contributed by atoms with van der Waals surface area (Å²) in [4.78, 5) is 2.15. The van der Waals surface area contributed by atoms with Crippen LogP contribution in [0, 0.1) is 0 Å². The molecule has 0 amide bonds. The van der Waals surface area contributed by atoms with E-state index in [0.717, 1.165) is 17.5 Å². The highest BCUT2D eigenvalue weighted by molar-refractivity contribution is 7.80. The highest BCUT2D eigenvalue weighted by Gasteiger charge is 2.31. The third-order valence-corrected chi connectivity index (χ3v) is 7.76. The van der Waals surface area contributed by atoms with Crippen molar-refractivity contribution >= 4 is 57.8 Å². The first kappa shape index (κ1) is 27.5. The standard InChI is InChI=1S/C27H27Cl3N2O4S/c1-33-23-6-5-15(10-24(23)34-2)9-22-17-12-26(36-4)25(35-3)11-16(17)7-8-32(22)27(37)31-21-14-19(29)18(28)13-20(21)30/h5-6,10-14,22H,7-9H2,1-4H3,(H,31,37)/t22-/m1/s1. The van der Waals surface area contributed by atoms with Crippen LogP contribution in [-0.4, -0.2) is 45.0 Å². The average molecular weight is 582 g/mol. The molecule has 0 aromatic heterocycles. The summed E-state index contributed by atoms with van der Waals surface area (Å²) in [6.07, 6.45) is 1.43. The molecule has 1 heterocycles. The van der Waals surface area contributed by atoms with Gasteiger partial charge in [-0.05, 0) is 78.1 Å². The second kappa shape index (κ2) is 11.9. The second-order valence-electron chi connectivity index (χ2n) is 8.43. The van der Waals surface area contributed by atoms with Gasteiger partial charge in [-0.15, -0.1) is 0 Å². The van der Waals surface area contributed by atoms with Crippen LogP contribution in [0.25, 0.3) is 0 Å². The molecule has 0 saturated carbocycles. The van der Waals surface area contributed by atoms with Gasteiger partial charge >= 0.3 is 0 Å². The van der Waals surface area contributed by atoms with E-state index in [9.17, 15) is 0 Å². The molecular weight excluding hydrogens is 555 g/mol. The number of anilines is 1. The van der Waals surface area contributed by atoms with Crippen LogP contribution in [0.5, 0.6) is 23.0 Å². The third-order valence-electron chi connectivity index (χ3n) is 6.39. The summed E-state index contributed by atoms with van der Waals surface area (Å²) in [7, 11) is 6.52. The molecule has 0 radical (unpaired) electrons. The molecule has 0 aliphatic carbocycles. The van der Waals surface area contributed by atoms with Gasteiger partial charge in [0.05, 0.1) is 55.2 Å². The quantitative estimate of drug-likeness (QED) is 0.233. The Morgan fingerprint density at radius 1 is 0.838 bits per heavy atom. The maximum atomic E-state index is 6.43. The lowest BCUT2D eigenvalue weighted by Crippen LogP contribution is -2.43. The Bertz CT molecular complexity index is 1320. The van der Waals surface area contributed by atoms with Crippen LogP contribution in [-0.2, 0) is 12.8 Å². The third kappa shape index (κ3) is 5.80. The van der Waals surface area contributed by atoms with Gasteiger partial charge < -0.3 is 29.2 Å². The number of nitrogens with one attached hydrogen (secondary N) is 1. The van der Waals surface area contributed by atoms with Crippen LogP contribution < -0.4 is 24.3 Å². The van der Waals surface area contributed by atoms with E-state index in [1.54, 1.807) is 40.6 Å². The number of ether oxygens (including phenoxy) is 4. The zero-order valence-corrected chi connectivity index (χ0v) is 23.9. The van der Waals surface area contributed by atoms with Gasteiger partial charge in [-0.2, -0.15) is 0 Å². The molecule has 1 atom stereocenters. The summed E-state index contributed by atoms with van der Waals surface area (Å²) in [6, 6.07) is 13.2. The van der Waals surface area contributed by atoms with Crippen LogP contribution in [0.1, 0.15) is 22.7 Å². The Hall–Kier alpha value is -2.58. The van der Waals surface area contributed by atoms with Crippen molar-refractivity contribution in [2.75, 3.05) is 40.3 Å². The largest absolute Gasteiger partial charge is 0.493 e. The number of fused-ring (bicyclic) bond motifs is 1. The molecule has 0 unspecified atom stereocenters. The maximum absolute atomic E-state index is 6.43. The van der Waals surface area contributed by atoms with Crippen LogP contribution in [0.3, 0.4) is 0 Å². The molecule has 37 heavy (non-hydrogen) atoms. The highest BCUT2D eigenvalue weighted by atomic mass is 35.5. The zero-order chi connectivity index (χ0) is 26.7. The van der Waals surface area contributed by atoms with Gasteiger partial charge in [0.15, 0.2) is 28.1 Å². The molecule has 0 fully saturated rings. The molecule has 0 bridgehead atoms. The molecule has 0 spiro atoms.